The van der Waals surface area contributed by atoms with E-state index < -0.39 is 5.97 Å². The van der Waals surface area contributed by atoms with Crippen molar-refractivity contribution in [2.75, 3.05) is 16.9 Å². The van der Waals surface area contributed by atoms with Crippen molar-refractivity contribution in [1.82, 2.24) is 0 Å². The molecule has 1 aliphatic heterocycles. The first-order chi connectivity index (χ1) is 13.2. The molecule has 0 fully saturated rings. The molecule has 0 aliphatic carbocycles. The molecule has 5 nitrogen and oxygen atoms in total. The number of carboxylic acids is 1. The number of aromatic carboxylic acids is 1. The topological polar surface area (TPSA) is 64.9 Å². The van der Waals surface area contributed by atoms with Gasteiger partial charge >= 0.3 is 5.97 Å². The highest BCUT2D eigenvalue weighted by Gasteiger charge is 2.35. The molecular weight excluding hydrogens is 350 g/mol. The van der Waals surface area contributed by atoms with Crippen molar-refractivity contribution in [2.24, 2.45) is 5.10 Å². The summed E-state index contributed by atoms with van der Waals surface area (Å²) >= 11 is 0. The van der Waals surface area contributed by atoms with Crippen molar-refractivity contribution < 1.29 is 9.90 Å². The number of hydrazone groups is 1. The molecule has 3 rings (SSSR count). The molecule has 0 aromatic heterocycles. The lowest BCUT2D eigenvalue weighted by atomic mass is 9.79. The molecule has 0 saturated heterocycles. The van der Waals surface area contributed by atoms with Crippen LogP contribution in [0.1, 0.15) is 67.1 Å². The van der Waals surface area contributed by atoms with Crippen LogP contribution in [0, 0.1) is 6.92 Å². The van der Waals surface area contributed by atoms with Crippen LogP contribution >= 0.6 is 0 Å². The SMILES string of the molecule is CCN1c2cc(C)c(/C=N/Nc3ccc(C(=O)O)cc3)cc2C(C)CC1(C)C. The van der Waals surface area contributed by atoms with E-state index in [1.54, 1.807) is 24.3 Å². The molecule has 1 unspecified atom stereocenters. The smallest absolute Gasteiger partial charge is 0.335 e. The van der Waals surface area contributed by atoms with Crippen molar-refractivity contribution in [3.05, 3.63) is 58.7 Å². The fourth-order valence-electron chi connectivity index (χ4n) is 4.25. The number of nitrogens with one attached hydrogen (secondary N) is 1. The first-order valence-electron chi connectivity index (χ1n) is 9.77. The molecule has 2 N–H and O–H groups in total. The molecule has 28 heavy (non-hydrogen) atoms. The average molecular weight is 380 g/mol. The molecule has 0 radical (unpaired) electrons. The van der Waals surface area contributed by atoms with Gasteiger partial charge in [-0.2, -0.15) is 5.10 Å². The number of hydrogen-bond acceptors (Lipinski definition) is 4. The zero-order chi connectivity index (χ0) is 20.5. The Morgan fingerprint density at radius 3 is 2.61 bits per heavy atom. The molecule has 1 heterocycles. The van der Waals surface area contributed by atoms with Crippen LogP contribution in [-0.2, 0) is 0 Å². The van der Waals surface area contributed by atoms with Crippen LogP contribution in [0.25, 0.3) is 0 Å². The van der Waals surface area contributed by atoms with Gasteiger partial charge < -0.3 is 10.0 Å². The minimum Gasteiger partial charge on any atom is -0.478 e. The monoisotopic (exact) mass is 379 g/mol. The van der Waals surface area contributed by atoms with Gasteiger partial charge in [0, 0.05) is 17.8 Å². The van der Waals surface area contributed by atoms with Gasteiger partial charge in [-0.25, -0.2) is 4.79 Å². The summed E-state index contributed by atoms with van der Waals surface area (Å²) in [6.07, 6.45) is 2.96. The van der Waals surface area contributed by atoms with Gasteiger partial charge in [0.25, 0.3) is 0 Å². The molecule has 0 spiro atoms. The highest BCUT2D eigenvalue weighted by atomic mass is 16.4. The number of fused-ring (bicyclic) bond motifs is 1. The number of benzene rings is 2. The van der Waals surface area contributed by atoms with Crippen LogP contribution in [0.2, 0.25) is 0 Å². The second-order valence-electron chi connectivity index (χ2n) is 8.18. The Bertz CT molecular complexity index is 901. The number of anilines is 2. The maximum absolute atomic E-state index is 10.9. The van der Waals surface area contributed by atoms with Gasteiger partial charge in [0.05, 0.1) is 17.5 Å². The van der Waals surface area contributed by atoms with Crippen LogP contribution < -0.4 is 10.3 Å². The van der Waals surface area contributed by atoms with E-state index in [4.69, 9.17) is 5.11 Å². The molecule has 0 saturated carbocycles. The summed E-state index contributed by atoms with van der Waals surface area (Å²) in [6, 6.07) is 11.1. The molecule has 0 amide bonds. The quantitative estimate of drug-likeness (QED) is 0.550. The number of carbonyl (C=O) groups is 1. The van der Waals surface area contributed by atoms with Crippen LogP contribution in [0.15, 0.2) is 41.5 Å². The summed E-state index contributed by atoms with van der Waals surface area (Å²) in [5.41, 5.74) is 9.14. The van der Waals surface area contributed by atoms with E-state index in [2.05, 4.69) is 62.2 Å². The minimum atomic E-state index is -0.932. The summed E-state index contributed by atoms with van der Waals surface area (Å²) in [5.74, 6) is -0.435. The van der Waals surface area contributed by atoms with Gasteiger partial charge in [0.15, 0.2) is 0 Å². The van der Waals surface area contributed by atoms with Gasteiger partial charge in [0.1, 0.15) is 0 Å². The van der Waals surface area contributed by atoms with Gasteiger partial charge in [0.2, 0.25) is 0 Å². The Labute approximate surface area is 167 Å². The lowest BCUT2D eigenvalue weighted by Gasteiger charge is -2.47. The van der Waals surface area contributed by atoms with Crippen molar-refractivity contribution in [2.45, 2.75) is 52.5 Å². The van der Waals surface area contributed by atoms with E-state index in [9.17, 15) is 4.79 Å². The normalized spacial score (nSPS) is 18.2. The Hall–Kier alpha value is -2.82. The van der Waals surface area contributed by atoms with Gasteiger partial charge in [-0.3, -0.25) is 5.43 Å². The fraction of sp³-hybridized carbons (Fsp3) is 0.391. The third-order valence-electron chi connectivity index (χ3n) is 5.62. The lowest BCUT2D eigenvalue weighted by Crippen LogP contribution is -2.48. The maximum Gasteiger partial charge on any atom is 0.335 e. The second-order valence-corrected chi connectivity index (χ2v) is 8.18. The van der Waals surface area contributed by atoms with E-state index in [0.29, 0.717) is 5.92 Å². The van der Waals surface area contributed by atoms with Crippen LogP contribution in [0.4, 0.5) is 11.4 Å². The predicted molar refractivity (Wildman–Crippen MR) is 116 cm³/mol. The number of hydrogen-bond donors (Lipinski definition) is 2. The van der Waals surface area contributed by atoms with Gasteiger partial charge in [-0.05, 0) is 93.1 Å². The van der Waals surface area contributed by atoms with E-state index in [1.165, 1.54) is 16.8 Å². The van der Waals surface area contributed by atoms with Crippen LogP contribution in [0.3, 0.4) is 0 Å². The molecular formula is C23H29N3O2. The van der Waals surface area contributed by atoms with Crippen LogP contribution in [-0.4, -0.2) is 29.4 Å². The largest absolute Gasteiger partial charge is 0.478 e. The minimum absolute atomic E-state index is 0.160. The molecule has 5 heteroatoms. The van der Waals surface area contributed by atoms with Crippen molar-refractivity contribution in [3.63, 3.8) is 0 Å². The molecule has 148 valence electrons. The summed E-state index contributed by atoms with van der Waals surface area (Å²) < 4.78 is 0. The molecule has 2 aromatic carbocycles. The van der Waals surface area contributed by atoms with Crippen molar-refractivity contribution >= 4 is 23.6 Å². The zero-order valence-corrected chi connectivity index (χ0v) is 17.3. The molecule has 0 bridgehead atoms. The summed E-state index contributed by atoms with van der Waals surface area (Å²) in [7, 11) is 0. The van der Waals surface area contributed by atoms with E-state index >= 15 is 0 Å². The maximum atomic E-state index is 10.9. The van der Waals surface area contributed by atoms with Gasteiger partial charge in [-0.1, -0.05) is 6.92 Å². The van der Waals surface area contributed by atoms with E-state index in [1.807, 2.05) is 6.21 Å². The summed E-state index contributed by atoms with van der Waals surface area (Å²) in [6.45, 7) is 12.3. The highest BCUT2D eigenvalue weighted by molar-refractivity contribution is 5.88. The zero-order valence-electron chi connectivity index (χ0n) is 17.3. The number of carboxylic acid groups (broad SMARTS) is 1. The molecule has 1 aliphatic rings. The third-order valence-corrected chi connectivity index (χ3v) is 5.62. The van der Waals surface area contributed by atoms with Crippen molar-refractivity contribution in [1.29, 1.82) is 0 Å². The van der Waals surface area contributed by atoms with Crippen molar-refractivity contribution in [3.8, 4) is 0 Å². The average Bonchev–Trinajstić information content (AvgIpc) is 2.62. The Morgan fingerprint density at radius 1 is 1.32 bits per heavy atom. The van der Waals surface area contributed by atoms with Gasteiger partial charge in [-0.15, -0.1) is 0 Å². The Balaban J connectivity index is 1.83. The van der Waals surface area contributed by atoms with Crippen LogP contribution in [0.5, 0.6) is 0 Å². The summed E-state index contributed by atoms with van der Waals surface area (Å²) in [4.78, 5) is 13.4. The van der Waals surface area contributed by atoms with E-state index in [0.717, 1.165) is 24.2 Å². The Kier molecular flexibility index (Phi) is 5.45. The number of rotatable bonds is 5. The first-order valence-corrected chi connectivity index (χ1v) is 9.77. The summed E-state index contributed by atoms with van der Waals surface area (Å²) in [5, 5.41) is 13.3. The van der Waals surface area contributed by atoms with E-state index in [-0.39, 0.29) is 11.1 Å². The number of nitrogens with zero attached hydrogens (tertiary/aromatic N) is 2. The number of aryl methyl sites for hydroxylation is 1. The predicted octanol–water partition coefficient (Wildman–Crippen LogP) is 5.25. The molecule has 2 aromatic rings. The third kappa shape index (κ3) is 3.88. The first kappa shape index (κ1) is 19.9. The standard InChI is InChI=1S/C23H29N3O2/c1-6-26-21-11-15(2)18(12-20(21)16(3)13-23(26,4)5)14-24-25-19-9-7-17(8-10-19)22(27)28/h7-12,14,16,25H,6,13H2,1-5H3,(H,27,28)/b24-14+. The highest BCUT2D eigenvalue weighted by Crippen LogP contribution is 2.43. The second kappa shape index (κ2) is 7.66. The fourth-order valence-corrected chi connectivity index (χ4v) is 4.25. The molecule has 1 atom stereocenters. The lowest BCUT2D eigenvalue weighted by molar-refractivity contribution is 0.0697. The Morgan fingerprint density at radius 2 is 2.00 bits per heavy atom.